The summed E-state index contributed by atoms with van der Waals surface area (Å²) < 4.78 is 66.2. The highest BCUT2D eigenvalue weighted by Gasteiger charge is 2.44. The topological polar surface area (TPSA) is 272 Å². The van der Waals surface area contributed by atoms with E-state index < -0.39 is 78.7 Å². The van der Waals surface area contributed by atoms with Gasteiger partial charge >= 0.3 is 59.7 Å². The van der Waals surface area contributed by atoms with Gasteiger partial charge < -0.3 is 52.1 Å². The van der Waals surface area contributed by atoms with Crippen molar-refractivity contribution in [1.82, 2.24) is 0 Å². The average molecular weight is 2130 g/mol. The van der Waals surface area contributed by atoms with Crippen molar-refractivity contribution in [2.75, 3.05) is 130 Å². The van der Waals surface area contributed by atoms with Crippen LogP contribution in [0.5, 0.6) is 0 Å². The molecule has 0 N–H and O–H groups in total. The number of carbonyl (C=O) groups is 10. The first kappa shape index (κ1) is 137. The van der Waals surface area contributed by atoms with Gasteiger partial charge in [0.15, 0.2) is 5.60 Å². The van der Waals surface area contributed by atoms with E-state index in [-0.39, 0.29) is 134 Å². The predicted molar refractivity (Wildman–Crippen MR) is 593 cm³/mol. The van der Waals surface area contributed by atoms with Crippen molar-refractivity contribution in [2.24, 2.45) is 10.8 Å². The SMILES string of the molecule is CC(C)SCCCCCC(=O)OCC(COC(=O)CCCCCSC(C)C)(COC(=O)CCCCCSC(C)C)COC(=O)CCCCCSC(C)C.CC(C)SCCCCCCCC(=O)OCC(COC(=O)CCCCCSC(C)C)(COC(=O)CCCCCSC(C)C)OCC(COC(=O)CCCCCSC(C)C)(COC(=O)CCCCCSC(C)C)COC(=O)CCCCCSC(C)C. The van der Waals surface area contributed by atoms with E-state index >= 15 is 0 Å². The summed E-state index contributed by atoms with van der Waals surface area (Å²) in [6, 6.07) is 0. The minimum absolute atomic E-state index is 0.142. The first-order valence-corrected chi connectivity index (χ1v) is 63.2. The van der Waals surface area contributed by atoms with Crippen LogP contribution in [0.25, 0.3) is 0 Å². The summed E-state index contributed by atoms with van der Waals surface area (Å²) in [5, 5.41) is 5.53. The Hall–Kier alpha value is -1.84. The fraction of sp³-hybridized carbons (Fsp3) is 0.906. The normalized spacial score (nSPS) is 12.0. The quantitative estimate of drug-likeness (QED) is 0.0311. The van der Waals surface area contributed by atoms with Crippen molar-refractivity contribution in [3.8, 4) is 0 Å². The highest BCUT2D eigenvalue weighted by Crippen LogP contribution is 2.31. The van der Waals surface area contributed by atoms with Crippen molar-refractivity contribution in [3.63, 3.8) is 0 Å². The third-order valence-electron chi connectivity index (χ3n) is 21.2. The summed E-state index contributed by atoms with van der Waals surface area (Å²) in [7, 11) is 0. The molecule has 0 unspecified atom stereocenters. The second-order valence-electron chi connectivity index (χ2n) is 39.1. The van der Waals surface area contributed by atoms with Crippen LogP contribution in [0.1, 0.15) is 408 Å². The van der Waals surface area contributed by atoms with Crippen LogP contribution in [-0.2, 0) is 100 Å². The van der Waals surface area contributed by atoms with Crippen LogP contribution < -0.4 is 0 Å². The lowest BCUT2D eigenvalue weighted by atomic mass is 9.91. The van der Waals surface area contributed by atoms with Crippen molar-refractivity contribution in [3.05, 3.63) is 0 Å². The van der Waals surface area contributed by atoms with Crippen molar-refractivity contribution in [1.29, 1.82) is 0 Å². The molecule has 0 atom stereocenters. The third kappa shape index (κ3) is 94.9. The van der Waals surface area contributed by atoms with E-state index in [9.17, 15) is 47.9 Å². The highest BCUT2D eigenvalue weighted by atomic mass is 32.2. The van der Waals surface area contributed by atoms with E-state index in [2.05, 4.69) is 138 Å². The van der Waals surface area contributed by atoms with Gasteiger partial charge in [0.2, 0.25) is 0 Å². The Bertz CT molecular complexity index is 2710. The Morgan fingerprint density at radius 3 is 0.401 bits per heavy atom. The van der Waals surface area contributed by atoms with Crippen molar-refractivity contribution in [2.45, 2.75) is 466 Å². The molecule has 806 valence electrons. The zero-order valence-corrected chi connectivity index (χ0v) is 97.6. The van der Waals surface area contributed by atoms with Crippen LogP contribution in [0.3, 0.4) is 0 Å². The zero-order valence-electron chi connectivity index (χ0n) is 89.5. The van der Waals surface area contributed by atoms with Gasteiger partial charge in [-0.2, -0.15) is 118 Å². The number of carbonyl (C=O) groups excluding carboxylic acids is 10. The Labute approximate surface area is 877 Å². The van der Waals surface area contributed by atoms with Crippen LogP contribution >= 0.6 is 118 Å². The summed E-state index contributed by atoms with van der Waals surface area (Å²) >= 11 is 19.0. The molecule has 0 rings (SSSR count). The standard InChI is InChI=1S/C65H120O13S6.C41H76O8S4/c1-52(2)79-39-27-15-13-14-21-33-61(69)75-49-65(50-76-62(70)37-25-19-31-43-83-56(9)10,51-77-63(71)38-26-20-32-44-84-57(11)12)78-48-64(45-72-58(66)34-22-16-28-40-80-53(3)4,46-73-59(67)35-23-17-29-41-81-54(5)6)47-74-60(68)36-24-18-30-42-82-55(7)8;1-33(2)50-25-17-9-13-21-37(42)46-29-41(30-47-38(43)22-14-10-18-26-51-34(3)4,31-48-39(44)23-15-11-19-27-52-35(5)6)32-49-40(45)24-16-12-20-28-53-36(7)8/h52-57H,13-51H2,1-12H3;33-36H,9-32H2,1-8H3. The molecule has 0 amide bonds. The Balaban J connectivity index is 0. The Kier molecular flexibility index (Phi) is 92.9. The van der Waals surface area contributed by atoms with E-state index in [1.807, 2.05) is 118 Å². The minimum Gasteiger partial charge on any atom is -0.465 e. The summed E-state index contributed by atoms with van der Waals surface area (Å²) in [5.41, 5.74) is -4.47. The van der Waals surface area contributed by atoms with Crippen molar-refractivity contribution >= 4 is 177 Å². The van der Waals surface area contributed by atoms with Gasteiger partial charge in [-0.05, 0) is 238 Å². The number of hydrogen-bond acceptors (Lipinski definition) is 31. The molecule has 0 bridgehead atoms. The first-order valence-electron chi connectivity index (χ1n) is 52.7. The Morgan fingerprint density at radius 1 is 0.153 bits per heavy atom. The smallest absolute Gasteiger partial charge is 0.305 e. The molecule has 0 aromatic rings. The van der Waals surface area contributed by atoms with E-state index in [1.165, 1.54) is 0 Å². The molecular formula is C106H196O21S10. The number of rotatable bonds is 95. The van der Waals surface area contributed by atoms with Gasteiger partial charge in [0.1, 0.15) is 71.5 Å². The molecule has 31 heteroatoms. The molecule has 137 heavy (non-hydrogen) atoms. The van der Waals surface area contributed by atoms with Gasteiger partial charge in [-0.15, -0.1) is 0 Å². The molecule has 0 radical (unpaired) electrons. The van der Waals surface area contributed by atoms with E-state index in [0.717, 1.165) is 199 Å². The number of hydrogen-bond donors (Lipinski definition) is 0. The molecule has 0 aliphatic heterocycles. The van der Waals surface area contributed by atoms with Crippen LogP contribution in [-0.4, -0.2) is 248 Å². The van der Waals surface area contributed by atoms with Gasteiger partial charge in [-0.3, -0.25) is 47.9 Å². The molecule has 0 saturated heterocycles. The summed E-state index contributed by atoms with van der Waals surface area (Å²) in [5.74, 6) is 5.98. The first-order chi connectivity index (χ1) is 65.3. The Morgan fingerprint density at radius 2 is 0.263 bits per heavy atom. The minimum atomic E-state index is -1.77. The molecule has 0 spiro atoms. The van der Waals surface area contributed by atoms with Crippen LogP contribution in [0.2, 0.25) is 0 Å². The van der Waals surface area contributed by atoms with Crippen LogP contribution in [0.15, 0.2) is 0 Å². The lowest BCUT2D eigenvalue weighted by molar-refractivity contribution is -0.207. The molecule has 0 aliphatic carbocycles. The molecule has 0 saturated carbocycles. The largest absolute Gasteiger partial charge is 0.465 e. The average Bonchev–Trinajstić information content (AvgIpc) is 0.823. The van der Waals surface area contributed by atoms with Crippen LogP contribution in [0.4, 0.5) is 0 Å². The number of esters is 10. The van der Waals surface area contributed by atoms with Gasteiger partial charge in [0.05, 0.1) is 12.0 Å². The molecule has 0 aliphatic rings. The maximum Gasteiger partial charge on any atom is 0.305 e. The second kappa shape index (κ2) is 92.7. The maximum absolute atomic E-state index is 13.7. The lowest BCUT2D eigenvalue weighted by Gasteiger charge is -2.38. The zero-order chi connectivity index (χ0) is 102. The number of unbranched alkanes of at least 4 members (excludes halogenated alkanes) is 22. The second-order valence-corrected chi connectivity index (χ2v) is 55.9. The number of thioether (sulfide) groups is 10. The van der Waals surface area contributed by atoms with Gasteiger partial charge in [-0.1, -0.05) is 216 Å². The van der Waals surface area contributed by atoms with Gasteiger partial charge in [0, 0.05) is 64.2 Å². The molecule has 0 heterocycles. The lowest BCUT2D eigenvalue weighted by Crippen LogP contribution is -2.53. The van der Waals surface area contributed by atoms with E-state index in [1.54, 1.807) is 0 Å². The molecule has 0 aromatic heterocycles. The molecule has 21 nitrogen and oxygen atoms in total. The summed E-state index contributed by atoms with van der Waals surface area (Å²) in [6.45, 7) is 39.9. The summed E-state index contributed by atoms with van der Waals surface area (Å²) in [6.07, 6.45) is 29.4. The maximum atomic E-state index is 13.7. The molecular weight excluding hydrogens is 1930 g/mol. The van der Waals surface area contributed by atoms with E-state index in [4.69, 9.17) is 52.1 Å². The fourth-order valence-corrected chi connectivity index (χ4v) is 21.5. The third-order valence-corrected chi connectivity index (χ3v) is 33.1. The summed E-state index contributed by atoms with van der Waals surface area (Å²) in [4.78, 5) is 134. The highest BCUT2D eigenvalue weighted by molar-refractivity contribution is 8.01. The van der Waals surface area contributed by atoms with Crippen molar-refractivity contribution < 1.29 is 100 Å². The van der Waals surface area contributed by atoms with E-state index in [0.29, 0.717) is 117 Å². The molecule has 0 aromatic carbocycles. The predicted octanol–water partition coefficient (Wildman–Crippen LogP) is 27.9. The van der Waals surface area contributed by atoms with Gasteiger partial charge in [0.25, 0.3) is 0 Å². The fourth-order valence-electron chi connectivity index (χ4n) is 13.1. The molecule has 0 fully saturated rings. The monoisotopic (exact) mass is 2130 g/mol. The van der Waals surface area contributed by atoms with Gasteiger partial charge in [-0.25, -0.2) is 0 Å². The van der Waals surface area contributed by atoms with Crippen LogP contribution in [0, 0.1) is 10.8 Å². The number of ether oxygens (including phenoxy) is 11.